The molecule has 0 aromatic carbocycles. The third kappa shape index (κ3) is 11.8. The zero-order valence-electron chi connectivity index (χ0n) is 28.8. The minimum absolute atomic E-state index is 0.0130. The van der Waals surface area contributed by atoms with Crippen molar-refractivity contribution in [2.75, 3.05) is 13.1 Å². The predicted molar refractivity (Wildman–Crippen MR) is 185 cm³/mol. The molecule has 0 saturated carbocycles. The van der Waals surface area contributed by atoms with E-state index in [2.05, 4.69) is 96.2 Å². The number of carbonyl (C=O) groups is 1. The topological polar surface area (TPSA) is 35.9 Å². The maximum atomic E-state index is 12.3. The van der Waals surface area contributed by atoms with Crippen molar-refractivity contribution < 1.29 is 4.79 Å². The molecule has 2 heterocycles. The van der Waals surface area contributed by atoms with Crippen LogP contribution in [0, 0.1) is 23.7 Å². The molecule has 0 aliphatic carbocycles. The first-order valence-electron chi connectivity index (χ1n) is 16.5. The Bertz CT molecular complexity index is 1100. The molecule has 2 aliphatic heterocycles. The average Bonchev–Trinajstić information content (AvgIpc) is 2.98. The molecule has 2 aliphatic rings. The number of rotatable bonds is 11. The van der Waals surface area contributed by atoms with Crippen molar-refractivity contribution in [2.24, 2.45) is 28.7 Å². The number of hydrogen-bond donors (Lipinski definition) is 0. The summed E-state index contributed by atoms with van der Waals surface area (Å²) >= 11 is 0. The van der Waals surface area contributed by atoms with Gasteiger partial charge >= 0.3 is 0 Å². The number of carbonyl (C=O) groups excluding carboxylic acids is 1. The van der Waals surface area contributed by atoms with Gasteiger partial charge in [-0.3, -0.25) is 9.79 Å². The Morgan fingerprint density at radius 2 is 1.67 bits per heavy atom. The van der Waals surface area contributed by atoms with Crippen LogP contribution in [-0.4, -0.2) is 34.4 Å². The summed E-state index contributed by atoms with van der Waals surface area (Å²) in [7, 11) is 0. The molecule has 4 nitrogen and oxygen atoms in total. The summed E-state index contributed by atoms with van der Waals surface area (Å²) in [5.74, 6) is 2.28. The second-order valence-corrected chi connectivity index (χ2v) is 11.9. The Kier molecular flexibility index (Phi) is 17.1. The number of allylic oxidation sites excluding steroid dienone is 7. The van der Waals surface area contributed by atoms with Crippen molar-refractivity contribution in [3.8, 4) is 0 Å². The highest BCUT2D eigenvalue weighted by atomic mass is 16.1. The van der Waals surface area contributed by atoms with Crippen LogP contribution >= 0.6 is 0 Å². The highest BCUT2D eigenvalue weighted by Crippen LogP contribution is 2.27. The summed E-state index contributed by atoms with van der Waals surface area (Å²) in [5, 5.41) is 0. The van der Waals surface area contributed by atoms with Gasteiger partial charge in [0.05, 0.1) is 5.70 Å². The highest BCUT2D eigenvalue weighted by Gasteiger charge is 2.19. The van der Waals surface area contributed by atoms with Crippen LogP contribution in [0.2, 0.25) is 0 Å². The van der Waals surface area contributed by atoms with Crippen LogP contribution in [0.1, 0.15) is 108 Å². The summed E-state index contributed by atoms with van der Waals surface area (Å²) in [6.45, 7) is 29.9. The summed E-state index contributed by atoms with van der Waals surface area (Å²) in [5.41, 5.74) is 6.02. The summed E-state index contributed by atoms with van der Waals surface area (Å²) in [6.07, 6.45) is 22.3. The molecule has 0 bridgehead atoms. The first kappa shape index (κ1) is 37.1. The van der Waals surface area contributed by atoms with Crippen LogP contribution in [-0.2, 0) is 4.79 Å². The molecule has 1 saturated heterocycles. The average molecular weight is 576 g/mol. The SMILES string of the molecule is C=C1C=CC(C(=C/C(C)=O)/N=C(/C=C\C(=C/C)N2CCCC(C)C(C)CC2)C(C)CC)=CN1/C=C(/C)C(C)CC.CC. The van der Waals surface area contributed by atoms with Gasteiger partial charge < -0.3 is 9.80 Å². The third-order valence-electron chi connectivity index (χ3n) is 8.80. The number of ketones is 1. The van der Waals surface area contributed by atoms with Gasteiger partial charge in [0.2, 0.25) is 0 Å². The van der Waals surface area contributed by atoms with Gasteiger partial charge in [0.1, 0.15) is 0 Å². The maximum absolute atomic E-state index is 12.3. The Balaban J connectivity index is 0.00000431. The molecular weight excluding hydrogens is 514 g/mol. The van der Waals surface area contributed by atoms with E-state index in [4.69, 9.17) is 4.99 Å². The van der Waals surface area contributed by atoms with Crippen LogP contribution in [0.4, 0.5) is 0 Å². The van der Waals surface area contributed by atoms with Gasteiger partial charge in [0.25, 0.3) is 0 Å². The molecular formula is C38H61N3O. The van der Waals surface area contributed by atoms with Crippen LogP contribution < -0.4 is 0 Å². The molecule has 4 heteroatoms. The van der Waals surface area contributed by atoms with E-state index in [1.54, 1.807) is 13.0 Å². The van der Waals surface area contributed by atoms with E-state index in [-0.39, 0.29) is 11.7 Å². The van der Waals surface area contributed by atoms with Crippen molar-refractivity contribution in [2.45, 2.75) is 108 Å². The quantitative estimate of drug-likeness (QED) is 0.140. The van der Waals surface area contributed by atoms with E-state index in [9.17, 15) is 4.79 Å². The number of aliphatic imine (C=N–C) groups is 1. The van der Waals surface area contributed by atoms with Crippen molar-refractivity contribution in [3.05, 3.63) is 83.7 Å². The van der Waals surface area contributed by atoms with E-state index < -0.39 is 0 Å². The Morgan fingerprint density at radius 3 is 2.26 bits per heavy atom. The van der Waals surface area contributed by atoms with Crippen molar-refractivity contribution >= 4 is 11.5 Å². The molecule has 234 valence electrons. The number of nitrogens with zero attached hydrogens (tertiary/aromatic N) is 3. The molecule has 0 spiro atoms. The van der Waals surface area contributed by atoms with Crippen LogP contribution in [0.5, 0.6) is 0 Å². The predicted octanol–water partition coefficient (Wildman–Crippen LogP) is 10.4. The van der Waals surface area contributed by atoms with Crippen molar-refractivity contribution in [3.63, 3.8) is 0 Å². The van der Waals surface area contributed by atoms with Gasteiger partial charge in [-0.05, 0) is 101 Å². The molecule has 0 amide bonds. The van der Waals surface area contributed by atoms with E-state index in [0.717, 1.165) is 54.7 Å². The van der Waals surface area contributed by atoms with Gasteiger partial charge in [-0.2, -0.15) is 0 Å². The minimum Gasteiger partial charge on any atom is -0.372 e. The fourth-order valence-electron chi connectivity index (χ4n) is 4.98. The second-order valence-electron chi connectivity index (χ2n) is 11.9. The molecule has 0 N–H and O–H groups in total. The first-order chi connectivity index (χ1) is 20.0. The smallest absolute Gasteiger partial charge is 0.154 e. The molecule has 4 atom stereocenters. The van der Waals surface area contributed by atoms with Gasteiger partial charge in [-0.1, -0.05) is 73.6 Å². The van der Waals surface area contributed by atoms with Gasteiger partial charge in [0, 0.05) is 54.2 Å². The van der Waals surface area contributed by atoms with Crippen LogP contribution in [0.15, 0.2) is 88.7 Å². The van der Waals surface area contributed by atoms with Crippen LogP contribution in [0.25, 0.3) is 0 Å². The molecule has 2 rings (SSSR count). The summed E-state index contributed by atoms with van der Waals surface area (Å²) in [6, 6.07) is 0. The van der Waals surface area contributed by atoms with Crippen LogP contribution in [0.3, 0.4) is 0 Å². The fourth-order valence-corrected chi connectivity index (χ4v) is 4.98. The normalized spacial score (nSPS) is 22.7. The van der Waals surface area contributed by atoms with E-state index in [0.29, 0.717) is 11.6 Å². The lowest BCUT2D eigenvalue weighted by Gasteiger charge is -2.32. The molecule has 0 aromatic heterocycles. The van der Waals surface area contributed by atoms with E-state index in [1.807, 2.05) is 32.2 Å². The third-order valence-corrected chi connectivity index (χ3v) is 8.80. The molecule has 42 heavy (non-hydrogen) atoms. The summed E-state index contributed by atoms with van der Waals surface area (Å²) < 4.78 is 0. The van der Waals surface area contributed by atoms with Crippen molar-refractivity contribution in [1.29, 1.82) is 0 Å². The molecule has 0 aromatic rings. The lowest BCUT2D eigenvalue weighted by molar-refractivity contribution is -0.112. The Morgan fingerprint density at radius 1 is 1.02 bits per heavy atom. The van der Waals surface area contributed by atoms with Gasteiger partial charge in [-0.25, -0.2) is 0 Å². The first-order valence-corrected chi connectivity index (χ1v) is 16.5. The zero-order valence-corrected chi connectivity index (χ0v) is 28.8. The maximum Gasteiger partial charge on any atom is 0.154 e. The minimum atomic E-state index is -0.0130. The second kappa shape index (κ2) is 19.3. The standard InChI is InChI=1S/C36H55N3O.C2H6/c1-11-26(4)30(8)24-39-25-33(17-16-31(39)9)36(23-32(10)40)37-35(27(5)12-2)19-18-34(13-3)38-21-14-15-28(6)29(7)20-22-38;1-2/h13,16-19,23-29H,9,11-12,14-15,20-22H2,1-8,10H3;1-2H3/b19-18-,30-24-,34-13+,36-23-,37-35-;. The fraction of sp³-hybridized carbons (Fsp3) is 0.579. The van der Waals surface area contributed by atoms with Gasteiger partial charge in [-0.15, -0.1) is 0 Å². The Hall–Kier alpha value is -2.88. The zero-order chi connectivity index (χ0) is 31.8. The molecule has 0 radical (unpaired) electrons. The monoisotopic (exact) mass is 575 g/mol. The lowest BCUT2D eigenvalue weighted by atomic mass is 9.87. The van der Waals surface area contributed by atoms with E-state index >= 15 is 0 Å². The Labute approximate surface area is 259 Å². The lowest BCUT2D eigenvalue weighted by Crippen LogP contribution is -2.30. The molecule has 4 unspecified atom stereocenters. The van der Waals surface area contributed by atoms with E-state index in [1.165, 1.54) is 30.5 Å². The van der Waals surface area contributed by atoms with Gasteiger partial charge in [0.15, 0.2) is 5.78 Å². The summed E-state index contributed by atoms with van der Waals surface area (Å²) in [4.78, 5) is 22.0. The highest BCUT2D eigenvalue weighted by molar-refractivity contribution is 5.99. The molecule has 1 fully saturated rings. The number of likely N-dealkylation sites (tertiary alicyclic amines) is 1. The number of hydrogen-bond acceptors (Lipinski definition) is 4. The largest absolute Gasteiger partial charge is 0.372 e. The van der Waals surface area contributed by atoms with Crippen molar-refractivity contribution in [1.82, 2.24) is 9.80 Å².